The van der Waals surface area contributed by atoms with Gasteiger partial charge in [0.2, 0.25) is 0 Å². The SMILES string of the molecule is COCCOc1ccc(-c2ccc(OCCOC)cc2)cc1. The molecule has 0 atom stereocenters. The molecule has 0 heterocycles. The van der Waals surface area contributed by atoms with E-state index in [-0.39, 0.29) is 0 Å². The standard InChI is InChI=1S/C18H22O4/c1-19-11-13-21-17-7-3-15(4-8-17)16-5-9-18(10-6-16)22-14-12-20-2/h3-10H,11-14H2,1-2H3. The number of rotatable bonds is 9. The molecule has 0 aliphatic rings. The minimum absolute atomic E-state index is 0.559. The fourth-order valence-electron chi connectivity index (χ4n) is 1.97. The maximum atomic E-state index is 5.55. The lowest BCUT2D eigenvalue weighted by atomic mass is 10.1. The van der Waals surface area contributed by atoms with Gasteiger partial charge in [-0.05, 0) is 35.4 Å². The monoisotopic (exact) mass is 302 g/mol. The molecule has 0 amide bonds. The van der Waals surface area contributed by atoms with Crippen molar-refractivity contribution in [2.45, 2.75) is 0 Å². The normalized spacial score (nSPS) is 10.5. The van der Waals surface area contributed by atoms with Gasteiger partial charge in [-0.25, -0.2) is 0 Å². The summed E-state index contributed by atoms with van der Waals surface area (Å²) in [5.41, 5.74) is 2.28. The molecule has 0 saturated carbocycles. The summed E-state index contributed by atoms with van der Waals surface area (Å²) < 4.78 is 21.0. The Balaban J connectivity index is 1.93. The third-order valence-electron chi connectivity index (χ3n) is 3.15. The summed E-state index contributed by atoms with van der Waals surface area (Å²) in [4.78, 5) is 0. The van der Waals surface area contributed by atoms with Crippen molar-refractivity contribution in [1.82, 2.24) is 0 Å². The highest BCUT2D eigenvalue weighted by atomic mass is 16.5. The van der Waals surface area contributed by atoms with Crippen molar-refractivity contribution in [3.05, 3.63) is 48.5 Å². The van der Waals surface area contributed by atoms with E-state index in [0.29, 0.717) is 26.4 Å². The van der Waals surface area contributed by atoms with Crippen molar-refractivity contribution < 1.29 is 18.9 Å². The summed E-state index contributed by atoms with van der Waals surface area (Å²) in [6.07, 6.45) is 0. The minimum atomic E-state index is 0.559. The van der Waals surface area contributed by atoms with Gasteiger partial charge in [0, 0.05) is 14.2 Å². The Hall–Kier alpha value is -2.04. The van der Waals surface area contributed by atoms with Gasteiger partial charge in [0.25, 0.3) is 0 Å². The molecule has 0 aliphatic heterocycles. The largest absolute Gasteiger partial charge is 0.491 e. The van der Waals surface area contributed by atoms with E-state index >= 15 is 0 Å². The van der Waals surface area contributed by atoms with Crippen LogP contribution in [-0.4, -0.2) is 40.6 Å². The lowest BCUT2D eigenvalue weighted by Gasteiger charge is -2.08. The smallest absolute Gasteiger partial charge is 0.119 e. The van der Waals surface area contributed by atoms with Crippen LogP contribution in [0.3, 0.4) is 0 Å². The molecule has 0 aliphatic carbocycles. The van der Waals surface area contributed by atoms with Crippen molar-refractivity contribution in [3.8, 4) is 22.6 Å². The Morgan fingerprint density at radius 3 is 1.23 bits per heavy atom. The molecule has 2 aromatic carbocycles. The van der Waals surface area contributed by atoms with E-state index in [4.69, 9.17) is 18.9 Å². The first-order chi connectivity index (χ1) is 10.8. The topological polar surface area (TPSA) is 36.9 Å². The first-order valence-electron chi connectivity index (χ1n) is 7.27. The van der Waals surface area contributed by atoms with Crippen molar-refractivity contribution >= 4 is 0 Å². The summed E-state index contributed by atoms with van der Waals surface area (Å²) in [5, 5.41) is 0. The van der Waals surface area contributed by atoms with E-state index in [1.54, 1.807) is 14.2 Å². The molecule has 4 heteroatoms. The van der Waals surface area contributed by atoms with Crippen LogP contribution in [0.1, 0.15) is 0 Å². The number of hydrogen-bond acceptors (Lipinski definition) is 4. The van der Waals surface area contributed by atoms with E-state index in [9.17, 15) is 0 Å². The second-order valence-corrected chi connectivity index (χ2v) is 4.73. The zero-order chi connectivity index (χ0) is 15.6. The Bertz CT molecular complexity index is 483. The van der Waals surface area contributed by atoms with Crippen LogP contribution < -0.4 is 9.47 Å². The highest BCUT2D eigenvalue weighted by Crippen LogP contribution is 2.24. The molecule has 0 bridgehead atoms. The van der Waals surface area contributed by atoms with E-state index in [2.05, 4.69) is 0 Å². The molecule has 2 aromatic rings. The van der Waals surface area contributed by atoms with Gasteiger partial charge in [-0.3, -0.25) is 0 Å². The molecular formula is C18H22O4. The van der Waals surface area contributed by atoms with Gasteiger partial charge in [0.1, 0.15) is 24.7 Å². The molecule has 2 rings (SSSR count). The van der Waals surface area contributed by atoms with E-state index < -0.39 is 0 Å². The molecule has 0 radical (unpaired) electrons. The van der Waals surface area contributed by atoms with E-state index in [0.717, 1.165) is 22.6 Å². The van der Waals surface area contributed by atoms with Gasteiger partial charge in [0.05, 0.1) is 13.2 Å². The third-order valence-corrected chi connectivity index (χ3v) is 3.15. The molecule has 0 fully saturated rings. The molecule has 22 heavy (non-hydrogen) atoms. The molecule has 118 valence electrons. The molecule has 4 nitrogen and oxygen atoms in total. The van der Waals surface area contributed by atoms with Crippen LogP contribution in [0, 0.1) is 0 Å². The fraction of sp³-hybridized carbons (Fsp3) is 0.333. The van der Waals surface area contributed by atoms with Crippen molar-refractivity contribution in [3.63, 3.8) is 0 Å². The zero-order valence-electron chi connectivity index (χ0n) is 13.1. The molecule has 0 spiro atoms. The van der Waals surface area contributed by atoms with Gasteiger partial charge >= 0.3 is 0 Å². The predicted molar refractivity (Wildman–Crippen MR) is 86.6 cm³/mol. The second kappa shape index (κ2) is 9.07. The van der Waals surface area contributed by atoms with Gasteiger partial charge in [-0.1, -0.05) is 24.3 Å². The molecular weight excluding hydrogens is 280 g/mol. The Labute approximate surface area is 131 Å². The van der Waals surface area contributed by atoms with Gasteiger partial charge in [-0.15, -0.1) is 0 Å². The summed E-state index contributed by atoms with van der Waals surface area (Å²) in [6.45, 7) is 2.30. The number of benzene rings is 2. The van der Waals surface area contributed by atoms with Crippen molar-refractivity contribution in [1.29, 1.82) is 0 Å². The number of ether oxygens (including phenoxy) is 4. The maximum absolute atomic E-state index is 5.55. The van der Waals surface area contributed by atoms with Crippen LogP contribution >= 0.6 is 0 Å². The Morgan fingerprint density at radius 2 is 0.909 bits per heavy atom. The minimum Gasteiger partial charge on any atom is -0.491 e. The predicted octanol–water partition coefficient (Wildman–Crippen LogP) is 3.40. The van der Waals surface area contributed by atoms with Crippen LogP contribution in [0.5, 0.6) is 11.5 Å². The number of methoxy groups -OCH3 is 2. The zero-order valence-corrected chi connectivity index (χ0v) is 13.1. The quantitative estimate of drug-likeness (QED) is 0.665. The highest BCUT2D eigenvalue weighted by molar-refractivity contribution is 5.64. The van der Waals surface area contributed by atoms with Crippen molar-refractivity contribution in [2.24, 2.45) is 0 Å². The molecule has 0 unspecified atom stereocenters. The molecule has 0 N–H and O–H groups in total. The first kappa shape index (κ1) is 16.3. The van der Waals surface area contributed by atoms with Gasteiger partial charge in [-0.2, -0.15) is 0 Å². The Morgan fingerprint density at radius 1 is 0.545 bits per heavy atom. The van der Waals surface area contributed by atoms with E-state index in [1.165, 1.54) is 0 Å². The third kappa shape index (κ3) is 5.06. The lowest BCUT2D eigenvalue weighted by molar-refractivity contribution is 0.146. The summed E-state index contributed by atoms with van der Waals surface area (Å²) >= 11 is 0. The average Bonchev–Trinajstić information content (AvgIpc) is 2.57. The molecule has 0 saturated heterocycles. The number of hydrogen-bond donors (Lipinski definition) is 0. The molecule has 0 aromatic heterocycles. The lowest BCUT2D eigenvalue weighted by Crippen LogP contribution is -2.04. The van der Waals surface area contributed by atoms with Gasteiger partial charge < -0.3 is 18.9 Å². The fourth-order valence-corrected chi connectivity index (χ4v) is 1.97. The first-order valence-corrected chi connectivity index (χ1v) is 7.27. The maximum Gasteiger partial charge on any atom is 0.119 e. The summed E-state index contributed by atoms with van der Waals surface area (Å²) in [7, 11) is 3.32. The van der Waals surface area contributed by atoms with Crippen molar-refractivity contribution in [2.75, 3.05) is 40.6 Å². The van der Waals surface area contributed by atoms with Crippen LogP contribution in [0.2, 0.25) is 0 Å². The Kier molecular flexibility index (Phi) is 6.74. The van der Waals surface area contributed by atoms with E-state index in [1.807, 2.05) is 48.5 Å². The summed E-state index contributed by atoms with van der Waals surface area (Å²) in [5.74, 6) is 1.70. The van der Waals surface area contributed by atoms with Crippen LogP contribution in [-0.2, 0) is 9.47 Å². The highest BCUT2D eigenvalue weighted by Gasteiger charge is 2.00. The summed E-state index contributed by atoms with van der Waals surface area (Å²) in [6, 6.07) is 16.0. The van der Waals surface area contributed by atoms with Crippen LogP contribution in [0.4, 0.5) is 0 Å². The van der Waals surface area contributed by atoms with Gasteiger partial charge in [0.15, 0.2) is 0 Å². The van der Waals surface area contributed by atoms with Crippen LogP contribution in [0.15, 0.2) is 48.5 Å². The average molecular weight is 302 g/mol. The van der Waals surface area contributed by atoms with Crippen LogP contribution in [0.25, 0.3) is 11.1 Å². The second-order valence-electron chi connectivity index (χ2n) is 4.73.